The van der Waals surface area contributed by atoms with Crippen LogP contribution in [-0.2, 0) is 11.4 Å². The number of ether oxygens (including phenoxy) is 1. The van der Waals surface area contributed by atoms with Crippen molar-refractivity contribution in [3.8, 4) is 5.75 Å². The van der Waals surface area contributed by atoms with Crippen LogP contribution in [0.15, 0.2) is 42.6 Å². The van der Waals surface area contributed by atoms with Crippen LogP contribution in [0.25, 0.3) is 0 Å². The molecule has 30 heavy (non-hydrogen) atoms. The molecule has 8 heteroatoms. The summed E-state index contributed by atoms with van der Waals surface area (Å²) in [5.74, 6) is -0.789. The Balaban J connectivity index is 1.36. The van der Waals surface area contributed by atoms with Gasteiger partial charge in [0.25, 0.3) is 5.91 Å². The van der Waals surface area contributed by atoms with E-state index in [1.807, 2.05) is 30.3 Å². The molecular formula is C22H26N4O4. The van der Waals surface area contributed by atoms with Crippen molar-refractivity contribution >= 4 is 11.9 Å². The number of likely N-dealkylation sites (tertiary alicyclic amines) is 1. The van der Waals surface area contributed by atoms with Crippen LogP contribution in [0.1, 0.15) is 46.9 Å². The van der Waals surface area contributed by atoms with Gasteiger partial charge < -0.3 is 14.7 Å². The number of aromatic nitrogens is 1. The van der Waals surface area contributed by atoms with Crippen LogP contribution in [0.2, 0.25) is 0 Å². The van der Waals surface area contributed by atoms with Gasteiger partial charge in [0.15, 0.2) is 0 Å². The van der Waals surface area contributed by atoms with Crippen molar-refractivity contribution in [2.45, 2.75) is 31.9 Å². The van der Waals surface area contributed by atoms with Crippen LogP contribution in [0, 0.1) is 5.92 Å². The molecule has 1 unspecified atom stereocenters. The Morgan fingerprint density at radius 1 is 1.23 bits per heavy atom. The fraction of sp³-hybridized carbons (Fsp3) is 0.409. The highest BCUT2D eigenvalue weighted by atomic mass is 16.5. The number of rotatable bonds is 6. The summed E-state index contributed by atoms with van der Waals surface area (Å²) in [6, 6.07) is 11.4. The highest BCUT2D eigenvalue weighted by Crippen LogP contribution is 2.21. The number of carbonyl (C=O) groups is 2. The van der Waals surface area contributed by atoms with Gasteiger partial charge in [-0.25, -0.2) is 5.43 Å². The molecule has 4 rings (SSSR count). The van der Waals surface area contributed by atoms with E-state index in [0.29, 0.717) is 37.3 Å². The lowest BCUT2D eigenvalue weighted by Gasteiger charge is -2.30. The molecule has 1 aromatic carbocycles. The number of hydrazine groups is 1. The Hall–Kier alpha value is -2.97. The number of amides is 1. The highest BCUT2D eigenvalue weighted by Gasteiger charge is 2.28. The molecule has 0 spiro atoms. The van der Waals surface area contributed by atoms with Crippen molar-refractivity contribution in [2.75, 3.05) is 19.6 Å². The summed E-state index contributed by atoms with van der Waals surface area (Å²) in [6.07, 6.45) is 4.04. The minimum absolute atomic E-state index is 0.133. The monoisotopic (exact) mass is 410 g/mol. The van der Waals surface area contributed by atoms with Crippen molar-refractivity contribution in [3.05, 3.63) is 59.4 Å². The topological polar surface area (TPSA) is 104 Å². The number of carboxylic acid groups (broad SMARTS) is 1. The molecule has 0 saturated carbocycles. The van der Waals surface area contributed by atoms with Gasteiger partial charge in [0.05, 0.1) is 23.9 Å². The summed E-state index contributed by atoms with van der Waals surface area (Å²) in [5, 5.41) is 9.24. The summed E-state index contributed by atoms with van der Waals surface area (Å²) in [5.41, 5.74) is 8.68. The third-order valence-corrected chi connectivity index (χ3v) is 5.59. The van der Waals surface area contributed by atoms with Crippen molar-refractivity contribution in [3.63, 3.8) is 0 Å². The molecule has 0 bridgehead atoms. The minimum Gasteiger partial charge on any atom is -0.487 e. The van der Waals surface area contributed by atoms with E-state index in [2.05, 4.69) is 15.8 Å². The normalized spacial score (nSPS) is 21.4. The van der Waals surface area contributed by atoms with Crippen molar-refractivity contribution in [1.29, 1.82) is 0 Å². The quantitative estimate of drug-likeness (QED) is 0.670. The average Bonchev–Trinajstić information content (AvgIpc) is 3.33. The van der Waals surface area contributed by atoms with Gasteiger partial charge in [-0.2, -0.15) is 0 Å². The standard InChI is InChI=1S/C22H26N4O4/c27-21(26-10-2-5-17(13-26)22(28)29)16-4-1-3-15(11-16)14-30-18-6-7-19(23-12-18)20-8-9-24-25-20/h1,3-4,6-7,11-12,17,20,24-25H,2,5,8-10,13-14H2,(H,28,29)/t17-,20?/m1/s1. The van der Waals surface area contributed by atoms with Gasteiger partial charge in [-0.15, -0.1) is 0 Å². The second-order valence-electron chi connectivity index (χ2n) is 7.75. The van der Waals surface area contributed by atoms with Crippen LogP contribution >= 0.6 is 0 Å². The first-order valence-electron chi connectivity index (χ1n) is 10.3. The smallest absolute Gasteiger partial charge is 0.308 e. The molecule has 3 heterocycles. The maximum absolute atomic E-state index is 12.8. The van der Waals surface area contributed by atoms with Gasteiger partial charge in [-0.3, -0.25) is 20.0 Å². The maximum Gasteiger partial charge on any atom is 0.308 e. The fourth-order valence-corrected chi connectivity index (χ4v) is 3.90. The molecule has 2 aliphatic rings. The Kier molecular flexibility index (Phi) is 6.25. The van der Waals surface area contributed by atoms with E-state index in [-0.39, 0.29) is 18.5 Å². The molecule has 1 amide bonds. The molecule has 2 atom stereocenters. The molecule has 158 valence electrons. The largest absolute Gasteiger partial charge is 0.487 e. The first-order valence-corrected chi connectivity index (χ1v) is 10.3. The third-order valence-electron chi connectivity index (χ3n) is 5.59. The molecular weight excluding hydrogens is 384 g/mol. The van der Waals surface area contributed by atoms with E-state index in [1.165, 1.54) is 0 Å². The molecule has 0 aliphatic carbocycles. The van der Waals surface area contributed by atoms with Gasteiger partial charge >= 0.3 is 5.97 Å². The number of pyridine rings is 1. The molecule has 2 fully saturated rings. The Labute approximate surface area is 175 Å². The van der Waals surface area contributed by atoms with Crippen LogP contribution in [0.5, 0.6) is 5.75 Å². The molecule has 2 aromatic rings. The summed E-state index contributed by atoms with van der Waals surface area (Å²) in [7, 11) is 0. The van der Waals surface area contributed by atoms with Gasteiger partial charge in [0, 0.05) is 25.2 Å². The minimum atomic E-state index is -0.839. The lowest BCUT2D eigenvalue weighted by atomic mass is 9.97. The zero-order valence-electron chi connectivity index (χ0n) is 16.7. The first kappa shape index (κ1) is 20.3. The third kappa shape index (κ3) is 4.77. The highest BCUT2D eigenvalue weighted by molar-refractivity contribution is 5.94. The lowest BCUT2D eigenvalue weighted by Crippen LogP contribution is -2.42. The van der Waals surface area contributed by atoms with Crippen LogP contribution in [0.4, 0.5) is 0 Å². The van der Waals surface area contributed by atoms with Crippen LogP contribution in [-0.4, -0.2) is 46.5 Å². The number of carbonyl (C=O) groups excluding carboxylic acids is 1. The lowest BCUT2D eigenvalue weighted by molar-refractivity contribution is -0.143. The zero-order valence-corrected chi connectivity index (χ0v) is 16.7. The van der Waals surface area contributed by atoms with Gasteiger partial charge in [0.1, 0.15) is 12.4 Å². The molecule has 2 saturated heterocycles. The number of hydrogen-bond acceptors (Lipinski definition) is 6. The van der Waals surface area contributed by atoms with Crippen LogP contribution in [0.3, 0.4) is 0 Å². The number of nitrogens with zero attached hydrogens (tertiary/aromatic N) is 2. The van der Waals surface area contributed by atoms with E-state index in [1.54, 1.807) is 17.2 Å². The first-order chi connectivity index (χ1) is 14.6. The number of hydrogen-bond donors (Lipinski definition) is 3. The Morgan fingerprint density at radius 2 is 2.13 bits per heavy atom. The van der Waals surface area contributed by atoms with E-state index in [4.69, 9.17) is 4.74 Å². The average molecular weight is 410 g/mol. The van der Waals surface area contributed by atoms with Gasteiger partial charge in [0.2, 0.25) is 0 Å². The number of piperidine rings is 1. The van der Waals surface area contributed by atoms with Crippen molar-refractivity contribution in [2.24, 2.45) is 5.92 Å². The zero-order chi connectivity index (χ0) is 20.9. The Morgan fingerprint density at radius 3 is 2.87 bits per heavy atom. The predicted octanol–water partition coefficient (Wildman–Crippen LogP) is 2.14. The second kappa shape index (κ2) is 9.23. The van der Waals surface area contributed by atoms with Gasteiger partial charge in [-0.1, -0.05) is 12.1 Å². The number of nitrogens with one attached hydrogen (secondary N) is 2. The molecule has 1 aromatic heterocycles. The van der Waals surface area contributed by atoms with E-state index in [9.17, 15) is 14.7 Å². The number of aliphatic carboxylic acids is 1. The SMILES string of the molecule is O=C(O)[C@@H]1CCCN(C(=O)c2cccc(COc3ccc(C4CCNN4)nc3)c2)C1. The predicted molar refractivity (Wildman–Crippen MR) is 110 cm³/mol. The van der Waals surface area contributed by atoms with Gasteiger partial charge in [-0.05, 0) is 49.1 Å². The molecule has 3 N–H and O–H groups in total. The van der Waals surface area contributed by atoms with E-state index < -0.39 is 11.9 Å². The van der Waals surface area contributed by atoms with E-state index >= 15 is 0 Å². The number of benzene rings is 1. The summed E-state index contributed by atoms with van der Waals surface area (Å²) >= 11 is 0. The Bertz CT molecular complexity index is 896. The number of carboxylic acids is 1. The van der Waals surface area contributed by atoms with Crippen molar-refractivity contribution in [1.82, 2.24) is 20.7 Å². The van der Waals surface area contributed by atoms with Crippen molar-refractivity contribution < 1.29 is 19.4 Å². The summed E-state index contributed by atoms with van der Waals surface area (Å²) in [4.78, 5) is 30.2. The molecule has 0 radical (unpaired) electrons. The fourth-order valence-electron chi connectivity index (χ4n) is 3.90. The summed E-state index contributed by atoms with van der Waals surface area (Å²) in [6.45, 7) is 2.10. The maximum atomic E-state index is 12.8. The second-order valence-corrected chi connectivity index (χ2v) is 7.75. The molecule has 8 nitrogen and oxygen atoms in total. The molecule has 2 aliphatic heterocycles. The van der Waals surface area contributed by atoms with E-state index in [0.717, 1.165) is 24.2 Å². The summed E-state index contributed by atoms with van der Waals surface area (Å²) < 4.78 is 5.84. The van der Waals surface area contributed by atoms with Crippen LogP contribution < -0.4 is 15.6 Å².